The molecule has 1 unspecified atom stereocenters. The molecule has 5 nitrogen and oxygen atoms in total. The Morgan fingerprint density at radius 3 is 1.75 bits per heavy atom. The molecule has 0 aliphatic heterocycles. The van der Waals surface area contributed by atoms with E-state index in [2.05, 4.69) is 12.6 Å². The predicted molar refractivity (Wildman–Crippen MR) is 30.5 cm³/mol. The zero-order valence-electron chi connectivity index (χ0n) is 6.86. The van der Waals surface area contributed by atoms with E-state index in [1.165, 1.54) is 0 Å². The van der Waals surface area contributed by atoms with Gasteiger partial charge in [0, 0.05) is 12.4 Å². The SMILES string of the molecule is NC(S)(CC(=O)[O-])C(=O)[O-].[Na+].[Na+]. The molecule has 1 atom stereocenters. The fraction of sp³-hybridized carbons (Fsp3) is 0.500. The van der Waals surface area contributed by atoms with Gasteiger partial charge in [0.25, 0.3) is 0 Å². The van der Waals surface area contributed by atoms with Gasteiger partial charge in [-0.25, -0.2) is 0 Å². The molecule has 0 bridgehead atoms. The van der Waals surface area contributed by atoms with Gasteiger partial charge in [-0.2, -0.15) is 12.6 Å². The van der Waals surface area contributed by atoms with Crippen LogP contribution < -0.4 is 75.1 Å². The van der Waals surface area contributed by atoms with Crippen LogP contribution in [0.5, 0.6) is 0 Å². The van der Waals surface area contributed by atoms with Crippen LogP contribution in [-0.2, 0) is 9.59 Å². The maximum atomic E-state index is 9.95. The predicted octanol–water partition coefficient (Wildman–Crippen LogP) is -9.53. The van der Waals surface area contributed by atoms with Crippen molar-refractivity contribution in [3.63, 3.8) is 0 Å². The Labute approximate surface area is 119 Å². The Morgan fingerprint density at radius 2 is 1.67 bits per heavy atom. The van der Waals surface area contributed by atoms with Gasteiger partial charge in [0.1, 0.15) is 4.87 Å². The van der Waals surface area contributed by atoms with Gasteiger partial charge >= 0.3 is 59.1 Å². The van der Waals surface area contributed by atoms with E-state index >= 15 is 0 Å². The molecule has 0 aromatic rings. The molecule has 0 aliphatic rings. The van der Waals surface area contributed by atoms with E-state index < -0.39 is 23.2 Å². The second kappa shape index (κ2) is 7.64. The molecule has 0 rings (SSSR count). The number of thiol groups is 1. The standard InChI is InChI=1S/C4H7NO4S.2Na/c5-4(10,3(8)9)1-2(6)7;;/h10H,1,5H2,(H,6,7)(H,8,9);;/q;2*+1/p-2. The van der Waals surface area contributed by atoms with Crippen LogP contribution in [0.1, 0.15) is 6.42 Å². The van der Waals surface area contributed by atoms with E-state index in [9.17, 15) is 19.8 Å². The van der Waals surface area contributed by atoms with Crippen molar-refractivity contribution in [1.82, 2.24) is 0 Å². The van der Waals surface area contributed by atoms with Gasteiger partial charge in [-0.1, -0.05) is 0 Å². The minimum absolute atomic E-state index is 0. The smallest absolute Gasteiger partial charge is 0.550 e. The van der Waals surface area contributed by atoms with Gasteiger partial charge in [-0.15, -0.1) is 0 Å². The number of aliphatic carboxylic acids is 2. The summed E-state index contributed by atoms with van der Waals surface area (Å²) in [6, 6.07) is 0. The van der Waals surface area contributed by atoms with Crippen LogP contribution in [0.25, 0.3) is 0 Å². The van der Waals surface area contributed by atoms with E-state index in [-0.39, 0.29) is 59.1 Å². The third kappa shape index (κ3) is 7.88. The summed E-state index contributed by atoms with van der Waals surface area (Å²) < 4.78 is 0. The largest absolute Gasteiger partial charge is 1.00 e. The Morgan fingerprint density at radius 1 is 1.33 bits per heavy atom. The first-order valence-electron chi connectivity index (χ1n) is 2.29. The monoisotopic (exact) mass is 209 g/mol. The fourth-order valence-electron chi connectivity index (χ4n) is 0.292. The number of nitrogens with two attached hydrogens (primary N) is 1. The molecule has 58 valence electrons. The maximum absolute atomic E-state index is 9.95. The summed E-state index contributed by atoms with van der Waals surface area (Å²) in [6.45, 7) is 0. The van der Waals surface area contributed by atoms with Crippen molar-refractivity contribution in [2.24, 2.45) is 5.73 Å². The Balaban J connectivity index is -0.000000405. The molecule has 0 spiro atoms. The second-order valence-electron chi connectivity index (χ2n) is 1.76. The Hall–Kier alpha value is 1.25. The van der Waals surface area contributed by atoms with Crippen LogP contribution in [-0.4, -0.2) is 16.8 Å². The third-order valence-corrected chi connectivity index (χ3v) is 1.11. The minimum atomic E-state index is -2.14. The first-order valence-corrected chi connectivity index (χ1v) is 2.73. The molecule has 0 fully saturated rings. The minimum Gasteiger partial charge on any atom is -0.550 e. The van der Waals surface area contributed by atoms with E-state index in [4.69, 9.17) is 5.73 Å². The first kappa shape index (κ1) is 18.9. The number of hydrogen-bond acceptors (Lipinski definition) is 6. The molecule has 0 saturated carbocycles. The number of hydrogen-bond donors (Lipinski definition) is 2. The van der Waals surface area contributed by atoms with E-state index in [1.54, 1.807) is 0 Å². The Kier molecular flexibility index (Phi) is 12.0. The van der Waals surface area contributed by atoms with Gasteiger partial charge in [0.15, 0.2) is 0 Å². The number of rotatable bonds is 3. The van der Waals surface area contributed by atoms with Crippen molar-refractivity contribution in [2.75, 3.05) is 0 Å². The molecule has 0 aromatic carbocycles. The average molecular weight is 209 g/mol. The van der Waals surface area contributed by atoms with Gasteiger partial charge in [0.05, 0.1) is 5.97 Å². The summed E-state index contributed by atoms with van der Waals surface area (Å²) in [4.78, 5) is 17.6. The maximum Gasteiger partial charge on any atom is 1.00 e. The Bertz CT molecular complexity index is 174. The van der Waals surface area contributed by atoms with Crippen LogP contribution in [0.3, 0.4) is 0 Å². The molecule has 0 radical (unpaired) electrons. The quantitative estimate of drug-likeness (QED) is 0.273. The topological polar surface area (TPSA) is 106 Å². The van der Waals surface area contributed by atoms with Crippen LogP contribution in [0.4, 0.5) is 0 Å². The number of carboxylic acids is 2. The summed E-state index contributed by atoms with van der Waals surface area (Å²) in [5.74, 6) is -3.32. The summed E-state index contributed by atoms with van der Waals surface area (Å²) in [5, 5.41) is 19.7. The summed E-state index contributed by atoms with van der Waals surface area (Å²) in [5.41, 5.74) is 4.84. The summed E-state index contributed by atoms with van der Waals surface area (Å²) in [7, 11) is 0. The van der Waals surface area contributed by atoms with Crippen molar-refractivity contribution in [3.05, 3.63) is 0 Å². The van der Waals surface area contributed by atoms with Crippen molar-refractivity contribution in [3.8, 4) is 0 Å². The molecule has 0 amide bonds. The van der Waals surface area contributed by atoms with Crippen LogP contribution >= 0.6 is 12.6 Å². The van der Waals surface area contributed by atoms with Gasteiger partial charge < -0.3 is 25.5 Å². The molecular formula is C4H5NNa2O4S. The average Bonchev–Trinajstić information content (AvgIpc) is 1.60. The fourth-order valence-corrected chi connectivity index (χ4v) is 0.421. The molecule has 12 heavy (non-hydrogen) atoms. The van der Waals surface area contributed by atoms with Gasteiger partial charge in [0.2, 0.25) is 0 Å². The number of carboxylic acid groups (broad SMARTS) is 2. The molecular weight excluding hydrogens is 204 g/mol. The van der Waals surface area contributed by atoms with Gasteiger partial charge in [-0.05, 0) is 0 Å². The number of carbonyl (C=O) groups excluding carboxylic acids is 2. The van der Waals surface area contributed by atoms with E-state index in [0.717, 1.165) is 0 Å². The molecule has 0 aliphatic carbocycles. The molecule has 0 heterocycles. The van der Waals surface area contributed by atoms with Crippen molar-refractivity contribution >= 4 is 24.6 Å². The summed E-state index contributed by atoms with van der Waals surface area (Å²) >= 11 is 3.32. The van der Waals surface area contributed by atoms with Crippen molar-refractivity contribution in [2.45, 2.75) is 11.3 Å². The van der Waals surface area contributed by atoms with E-state index in [1.807, 2.05) is 0 Å². The number of carbonyl (C=O) groups is 2. The molecule has 0 aromatic heterocycles. The first-order chi connectivity index (χ1) is 4.36. The van der Waals surface area contributed by atoms with Gasteiger partial charge in [-0.3, -0.25) is 0 Å². The third-order valence-electron chi connectivity index (χ3n) is 0.767. The second-order valence-corrected chi connectivity index (χ2v) is 2.56. The normalized spacial score (nSPS) is 13.2. The van der Waals surface area contributed by atoms with Crippen LogP contribution in [0.15, 0.2) is 0 Å². The zero-order chi connectivity index (χ0) is 8.36. The molecule has 8 heteroatoms. The van der Waals surface area contributed by atoms with Crippen molar-refractivity contribution < 1.29 is 78.9 Å². The molecule has 0 saturated heterocycles. The zero-order valence-corrected chi connectivity index (χ0v) is 11.8. The van der Waals surface area contributed by atoms with Crippen LogP contribution in [0.2, 0.25) is 0 Å². The van der Waals surface area contributed by atoms with Crippen LogP contribution in [0, 0.1) is 0 Å². The summed E-state index contributed by atoms with van der Waals surface area (Å²) in [6.07, 6.45) is -0.877. The van der Waals surface area contributed by atoms with Crippen molar-refractivity contribution in [1.29, 1.82) is 0 Å². The molecule has 2 N–H and O–H groups in total. The van der Waals surface area contributed by atoms with E-state index in [0.29, 0.717) is 0 Å².